The topological polar surface area (TPSA) is 17.1 Å². The quantitative estimate of drug-likeness (QED) is 0.426. The van der Waals surface area contributed by atoms with E-state index in [-0.39, 0.29) is 16.7 Å². The fourth-order valence-corrected chi connectivity index (χ4v) is 9.12. The van der Waals surface area contributed by atoms with Crippen LogP contribution in [0.5, 0.6) is 0 Å². The Morgan fingerprint density at radius 1 is 1.00 bits per heavy atom. The van der Waals surface area contributed by atoms with Crippen molar-refractivity contribution in [2.45, 2.75) is 120 Å². The fourth-order valence-electron chi connectivity index (χ4n) is 9.12. The second kappa shape index (κ2) is 7.98. The molecule has 4 rings (SSSR count). The zero-order valence-electron chi connectivity index (χ0n) is 22.8. The van der Waals surface area contributed by atoms with Gasteiger partial charge in [-0.1, -0.05) is 74.3 Å². The Balaban J connectivity index is 1.61. The third-order valence-corrected chi connectivity index (χ3v) is 11.9. The molecule has 182 valence electrons. The molecule has 9 atom stereocenters. The van der Waals surface area contributed by atoms with Gasteiger partial charge in [-0.3, -0.25) is 4.79 Å². The molecule has 3 unspecified atom stereocenters. The van der Waals surface area contributed by atoms with Crippen LogP contribution in [0.15, 0.2) is 11.6 Å². The Bertz CT molecular complexity index is 770. The maximum atomic E-state index is 13.5. The van der Waals surface area contributed by atoms with E-state index in [0.717, 1.165) is 24.2 Å². The van der Waals surface area contributed by atoms with Crippen LogP contribution in [0.2, 0.25) is 0 Å². The van der Waals surface area contributed by atoms with Gasteiger partial charge in [0.1, 0.15) is 0 Å². The van der Waals surface area contributed by atoms with Gasteiger partial charge < -0.3 is 0 Å². The zero-order valence-corrected chi connectivity index (χ0v) is 22.8. The van der Waals surface area contributed by atoms with Crippen LogP contribution in [0.3, 0.4) is 0 Å². The summed E-state index contributed by atoms with van der Waals surface area (Å²) in [6, 6.07) is 0. The van der Waals surface area contributed by atoms with Crippen LogP contribution >= 0.6 is 0 Å². The minimum absolute atomic E-state index is 0.210. The number of allylic oxidation sites excluding steroid dienone is 2. The lowest BCUT2D eigenvalue weighted by molar-refractivity contribution is -0.131. The smallest absolute Gasteiger partial charge is 0.159 e. The molecule has 0 spiro atoms. The van der Waals surface area contributed by atoms with Crippen LogP contribution in [-0.4, -0.2) is 5.78 Å². The minimum atomic E-state index is 0.210. The summed E-state index contributed by atoms with van der Waals surface area (Å²) in [6.45, 7) is 22.3. The summed E-state index contributed by atoms with van der Waals surface area (Å²) in [5.41, 5.74) is 2.78. The molecule has 0 amide bonds. The predicted octanol–water partition coefficient (Wildman–Crippen LogP) is 8.87. The molecule has 0 saturated heterocycles. The first-order chi connectivity index (χ1) is 14.7. The number of carbonyl (C=O) groups is 1. The van der Waals surface area contributed by atoms with Gasteiger partial charge >= 0.3 is 0 Å². The first kappa shape index (κ1) is 24.5. The van der Waals surface area contributed by atoms with Gasteiger partial charge in [-0.15, -0.1) is 0 Å². The highest BCUT2D eigenvalue weighted by Gasteiger charge is 2.64. The molecule has 3 fully saturated rings. The summed E-state index contributed by atoms with van der Waals surface area (Å²) in [5, 5.41) is 0. The van der Waals surface area contributed by atoms with Crippen molar-refractivity contribution in [1.29, 1.82) is 0 Å². The molecule has 0 aromatic carbocycles. The average Bonchev–Trinajstić information content (AvgIpc) is 2.98. The molecule has 0 radical (unpaired) electrons. The highest BCUT2D eigenvalue weighted by Crippen LogP contribution is 2.72. The predicted molar refractivity (Wildman–Crippen MR) is 136 cm³/mol. The van der Waals surface area contributed by atoms with Crippen LogP contribution in [0.25, 0.3) is 0 Å². The maximum absolute atomic E-state index is 13.5. The summed E-state index contributed by atoms with van der Waals surface area (Å²) >= 11 is 0. The number of hydrogen-bond donors (Lipinski definition) is 0. The normalized spacial score (nSPS) is 46.0. The third kappa shape index (κ3) is 3.67. The number of rotatable bonds is 4. The number of carbonyl (C=O) groups excluding carboxylic acids is 1. The molecular formula is C31H52O. The van der Waals surface area contributed by atoms with Gasteiger partial charge in [-0.2, -0.15) is 0 Å². The second-order valence-electron chi connectivity index (χ2n) is 14.9. The lowest BCUT2D eigenvalue weighted by atomic mass is 9.43. The number of fused-ring (bicyclic) bond motifs is 5. The average molecular weight is 441 g/mol. The summed E-state index contributed by atoms with van der Waals surface area (Å²) < 4.78 is 0. The SMILES string of the molecule is CC1CC[C@]2(C)C3CC[C@]4(C)C([C@H](C)[C@H](C)CCC(C)(C)C)CC[C@@]4(C)C3=CC(=O)[C@@H]2C1. The molecule has 1 nitrogen and oxygen atoms in total. The van der Waals surface area contributed by atoms with E-state index < -0.39 is 0 Å². The molecular weight excluding hydrogens is 388 g/mol. The Kier molecular flexibility index (Phi) is 6.12. The van der Waals surface area contributed by atoms with Crippen molar-refractivity contribution in [3.63, 3.8) is 0 Å². The highest BCUT2D eigenvalue weighted by atomic mass is 16.1. The summed E-state index contributed by atoms with van der Waals surface area (Å²) in [7, 11) is 0. The monoisotopic (exact) mass is 440 g/mol. The molecule has 0 aromatic heterocycles. The molecule has 4 aliphatic carbocycles. The molecule has 4 aliphatic rings. The van der Waals surface area contributed by atoms with E-state index in [0.29, 0.717) is 28.4 Å². The molecule has 1 heteroatoms. The lowest BCUT2D eigenvalue weighted by Gasteiger charge is -2.61. The summed E-state index contributed by atoms with van der Waals surface area (Å²) in [5.74, 6) is 4.44. The number of ketones is 1. The minimum Gasteiger partial charge on any atom is -0.295 e. The number of hydrogen-bond acceptors (Lipinski definition) is 1. The van der Waals surface area contributed by atoms with Crippen molar-refractivity contribution in [3.8, 4) is 0 Å². The Hall–Kier alpha value is -0.590. The summed E-state index contributed by atoms with van der Waals surface area (Å²) in [4.78, 5) is 13.5. The van der Waals surface area contributed by atoms with Gasteiger partial charge in [0.05, 0.1) is 0 Å². The van der Waals surface area contributed by atoms with Crippen LogP contribution in [0.4, 0.5) is 0 Å². The largest absolute Gasteiger partial charge is 0.295 e. The van der Waals surface area contributed by atoms with Gasteiger partial charge in [0, 0.05) is 5.92 Å². The van der Waals surface area contributed by atoms with Crippen LogP contribution in [0, 0.1) is 57.2 Å². The van der Waals surface area contributed by atoms with Crippen molar-refractivity contribution in [2.75, 3.05) is 0 Å². The summed E-state index contributed by atoms with van der Waals surface area (Å²) in [6.07, 6.45) is 13.9. The van der Waals surface area contributed by atoms with Crippen molar-refractivity contribution in [2.24, 2.45) is 57.2 Å². The first-order valence-corrected chi connectivity index (χ1v) is 14.0. The van der Waals surface area contributed by atoms with Crippen LogP contribution < -0.4 is 0 Å². The van der Waals surface area contributed by atoms with Crippen molar-refractivity contribution >= 4 is 5.78 Å². The van der Waals surface area contributed by atoms with Gasteiger partial charge in [0.2, 0.25) is 0 Å². The van der Waals surface area contributed by atoms with Gasteiger partial charge in [0.25, 0.3) is 0 Å². The van der Waals surface area contributed by atoms with Crippen molar-refractivity contribution in [1.82, 2.24) is 0 Å². The Morgan fingerprint density at radius 3 is 2.34 bits per heavy atom. The van der Waals surface area contributed by atoms with Gasteiger partial charge in [0.15, 0.2) is 5.78 Å². The van der Waals surface area contributed by atoms with E-state index in [1.165, 1.54) is 51.4 Å². The van der Waals surface area contributed by atoms with Crippen molar-refractivity contribution in [3.05, 3.63) is 11.6 Å². The second-order valence-corrected chi connectivity index (χ2v) is 14.9. The molecule has 3 saturated carbocycles. The third-order valence-electron chi connectivity index (χ3n) is 11.9. The van der Waals surface area contributed by atoms with Gasteiger partial charge in [-0.25, -0.2) is 0 Å². The van der Waals surface area contributed by atoms with E-state index in [1.54, 1.807) is 5.57 Å². The lowest BCUT2D eigenvalue weighted by Crippen LogP contribution is -2.55. The van der Waals surface area contributed by atoms with E-state index >= 15 is 0 Å². The molecule has 0 aliphatic heterocycles. The Morgan fingerprint density at radius 2 is 1.69 bits per heavy atom. The van der Waals surface area contributed by atoms with E-state index in [4.69, 9.17) is 0 Å². The highest BCUT2D eigenvalue weighted by molar-refractivity contribution is 5.94. The Labute approximate surface area is 199 Å². The molecule has 0 heterocycles. The van der Waals surface area contributed by atoms with E-state index in [1.807, 2.05) is 0 Å². The first-order valence-electron chi connectivity index (χ1n) is 14.0. The molecule has 32 heavy (non-hydrogen) atoms. The van der Waals surface area contributed by atoms with E-state index in [2.05, 4.69) is 68.4 Å². The fraction of sp³-hybridized carbons (Fsp3) is 0.903. The molecule has 0 bridgehead atoms. The maximum Gasteiger partial charge on any atom is 0.159 e. The van der Waals surface area contributed by atoms with Gasteiger partial charge in [-0.05, 0) is 109 Å². The van der Waals surface area contributed by atoms with Crippen molar-refractivity contribution < 1.29 is 4.79 Å². The van der Waals surface area contributed by atoms with E-state index in [9.17, 15) is 4.79 Å². The van der Waals surface area contributed by atoms with Crippen LogP contribution in [-0.2, 0) is 4.79 Å². The zero-order chi connectivity index (χ0) is 23.7. The molecule has 0 N–H and O–H groups in total. The standard InChI is InChI=1S/C31H52O/c1-20-10-15-29(7)24-13-17-30(8)23(22(3)21(2)11-14-28(4,5)6)12-16-31(30,9)25(24)19-27(32)26(29)18-20/h19-24,26H,10-18H2,1-9H3/t20?,21-,22-,23?,24?,26+,29-,30-,31+/m1/s1. The molecule has 0 aromatic rings. The van der Waals surface area contributed by atoms with Crippen LogP contribution in [0.1, 0.15) is 120 Å².